The van der Waals surface area contributed by atoms with Crippen molar-refractivity contribution in [1.82, 2.24) is 0 Å². The molecule has 0 aliphatic carbocycles. The van der Waals surface area contributed by atoms with Gasteiger partial charge in [0, 0.05) is 14.5 Å². The molecule has 0 saturated heterocycles. The van der Waals surface area contributed by atoms with Crippen LogP contribution >= 0.6 is 31.9 Å². The van der Waals surface area contributed by atoms with Crippen molar-refractivity contribution in [2.75, 3.05) is 0 Å². The molecule has 0 unspecified atom stereocenters. The zero-order valence-electron chi connectivity index (χ0n) is 9.38. The van der Waals surface area contributed by atoms with E-state index in [1.165, 1.54) is 0 Å². The maximum Gasteiger partial charge on any atom is 0.185 e. The van der Waals surface area contributed by atoms with E-state index >= 15 is 0 Å². The van der Waals surface area contributed by atoms with E-state index in [2.05, 4.69) is 31.9 Å². The van der Waals surface area contributed by atoms with Crippen molar-refractivity contribution in [2.45, 2.75) is 13.8 Å². The average Bonchev–Trinajstić information content (AvgIpc) is 2.74. The van der Waals surface area contributed by atoms with E-state index in [-0.39, 0.29) is 0 Å². The van der Waals surface area contributed by atoms with E-state index in [9.17, 15) is 4.79 Å². The van der Waals surface area contributed by atoms with Gasteiger partial charge in [-0.25, -0.2) is 0 Å². The van der Waals surface area contributed by atoms with Crippen LogP contribution in [-0.4, -0.2) is 6.29 Å². The SMILES string of the molecule is Cc1c(Br)cc(Br)c(-c2ccc(C=O)o2)c1C. The first kappa shape index (κ1) is 12.6. The summed E-state index contributed by atoms with van der Waals surface area (Å²) in [6, 6.07) is 5.47. The lowest BCUT2D eigenvalue weighted by atomic mass is 10.0. The summed E-state index contributed by atoms with van der Waals surface area (Å²) in [6.07, 6.45) is 0.707. The number of hydrogen-bond donors (Lipinski definition) is 0. The van der Waals surface area contributed by atoms with Crippen LogP contribution in [0, 0.1) is 13.8 Å². The average molecular weight is 358 g/mol. The van der Waals surface area contributed by atoms with Gasteiger partial charge in [0.25, 0.3) is 0 Å². The lowest BCUT2D eigenvalue weighted by Crippen LogP contribution is -1.89. The summed E-state index contributed by atoms with van der Waals surface area (Å²) in [6.45, 7) is 4.07. The fraction of sp³-hybridized carbons (Fsp3) is 0.154. The van der Waals surface area contributed by atoms with E-state index < -0.39 is 0 Å². The van der Waals surface area contributed by atoms with E-state index in [4.69, 9.17) is 4.42 Å². The summed E-state index contributed by atoms with van der Waals surface area (Å²) in [5.41, 5.74) is 3.27. The Kier molecular flexibility index (Phi) is 3.54. The third kappa shape index (κ3) is 2.24. The molecule has 0 aliphatic rings. The van der Waals surface area contributed by atoms with Crippen molar-refractivity contribution < 1.29 is 9.21 Å². The lowest BCUT2D eigenvalue weighted by Gasteiger charge is -2.11. The van der Waals surface area contributed by atoms with Crippen LogP contribution in [0.5, 0.6) is 0 Å². The van der Waals surface area contributed by atoms with Gasteiger partial charge in [-0.2, -0.15) is 0 Å². The summed E-state index contributed by atoms with van der Waals surface area (Å²) >= 11 is 7.03. The van der Waals surface area contributed by atoms with Gasteiger partial charge in [0.15, 0.2) is 12.0 Å². The van der Waals surface area contributed by atoms with Crippen molar-refractivity contribution in [3.63, 3.8) is 0 Å². The Hall–Kier alpha value is -0.870. The quantitative estimate of drug-likeness (QED) is 0.715. The maximum absolute atomic E-state index is 10.6. The molecule has 0 saturated carbocycles. The number of hydrogen-bond acceptors (Lipinski definition) is 2. The molecule has 0 radical (unpaired) electrons. The van der Waals surface area contributed by atoms with E-state index in [1.54, 1.807) is 6.07 Å². The van der Waals surface area contributed by atoms with Gasteiger partial charge in [-0.1, -0.05) is 15.9 Å². The molecule has 4 heteroatoms. The highest BCUT2D eigenvalue weighted by atomic mass is 79.9. The van der Waals surface area contributed by atoms with Crippen LogP contribution in [0.2, 0.25) is 0 Å². The van der Waals surface area contributed by atoms with Gasteiger partial charge in [-0.3, -0.25) is 4.79 Å². The van der Waals surface area contributed by atoms with Gasteiger partial charge >= 0.3 is 0 Å². The summed E-state index contributed by atoms with van der Waals surface area (Å²) < 4.78 is 7.45. The standard InChI is InChI=1S/C13H10Br2O2/c1-7-8(2)13(11(15)5-10(7)14)12-4-3-9(6-16)17-12/h3-6H,1-2H3. The highest BCUT2D eigenvalue weighted by Crippen LogP contribution is 2.37. The van der Waals surface area contributed by atoms with Crippen LogP contribution in [-0.2, 0) is 0 Å². The van der Waals surface area contributed by atoms with Crippen LogP contribution in [0.1, 0.15) is 21.7 Å². The minimum absolute atomic E-state index is 0.340. The number of carbonyl (C=O) groups is 1. The van der Waals surface area contributed by atoms with Crippen LogP contribution in [0.25, 0.3) is 11.3 Å². The van der Waals surface area contributed by atoms with Gasteiger partial charge in [0.2, 0.25) is 0 Å². The minimum atomic E-state index is 0.340. The monoisotopic (exact) mass is 356 g/mol. The second-order valence-electron chi connectivity index (χ2n) is 3.79. The summed E-state index contributed by atoms with van der Waals surface area (Å²) in [5, 5.41) is 0. The van der Waals surface area contributed by atoms with Crippen molar-refractivity contribution >= 4 is 38.1 Å². The van der Waals surface area contributed by atoms with Crippen LogP contribution in [0.4, 0.5) is 0 Å². The number of aldehydes is 1. The second-order valence-corrected chi connectivity index (χ2v) is 5.49. The summed E-state index contributed by atoms with van der Waals surface area (Å²) in [5.74, 6) is 1.04. The number of rotatable bonds is 2. The van der Waals surface area contributed by atoms with Gasteiger partial charge < -0.3 is 4.42 Å². The Morgan fingerprint density at radius 3 is 2.41 bits per heavy atom. The third-order valence-corrected chi connectivity index (χ3v) is 4.23. The molecule has 1 aromatic heterocycles. The number of carbonyl (C=O) groups excluding carboxylic acids is 1. The fourth-order valence-corrected chi connectivity index (χ4v) is 3.25. The zero-order valence-corrected chi connectivity index (χ0v) is 12.6. The van der Waals surface area contributed by atoms with Crippen molar-refractivity contribution in [3.05, 3.63) is 44.0 Å². The first-order chi connectivity index (χ1) is 8.04. The smallest absolute Gasteiger partial charge is 0.185 e. The highest BCUT2D eigenvalue weighted by Gasteiger charge is 2.14. The molecule has 1 heterocycles. The molecule has 0 N–H and O–H groups in total. The predicted octanol–water partition coefficient (Wildman–Crippen LogP) is 4.90. The van der Waals surface area contributed by atoms with Crippen molar-refractivity contribution in [3.8, 4) is 11.3 Å². The normalized spacial score (nSPS) is 10.6. The van der Waals surface area contributed by atoms with Gasteiger partial charge in [0.1, 0.15) is 5.76 Å². The molecule has 0 fully saturated rings. The molecule has 0 spiro atoms. The molecule has 2 rings (SSSR count). The van der Waals surface area contributed by atoms with Gasteiger partial charge in [-0.05, 0) is 59.1 Å². The topological polar surface area (TPSA) is 30.2 Å². The summed E-state index contributed by atoms with van der Waals surface area (Å²) in [4.78, 5) is 10.6. The van der Waals surface area contributed by atoms with E-state index in [0.717, 1.165) is 25.6 Å². The van der Waals surface area contributed by atoms with Crippen LogP contribution in [0.3, 0.4) is 0 Å². The number of benzene rings is 1. The molecular formula is C13H10Br2O2. The zero-order chi connectivity index (χ0) is 12.6. The lowest BCUT2D eigenvalue weighted by molar-refractivity contribution is 0.110. The van der Waals surface area contributed by atoms with Crippen molar-refractivity contribution in [2.24, 2.45) is 0 Å². The Labute approximate surface area is 116 Å². The number of halogens is 2. The molecule has 1 aromatic carbocycles. The van der Waals surface area contributed by atoms with Crippen LogP contribution in [0.15, 0.2) is 31.6 Å². The highest BCUT2D eigenvalue weighted by molar-refractivity contribution is 9.11. The fourth-order valence-electron chi connectivity index (χ4n) is 1.69. The molecule has 0 amide bonds. The van der Waals surface area contributed by atoms with E-state index in [1.807, 2.05) is 26.0 Å². The summed E-state index contributed by atoms with van der Waals surface area (Å²) in [7, 11) is 0. The molecule has 2 aromatic rings. The molecular weight excluding hydrogens is 348 g/mol. The molecule has 0 atom stereocenters. The molecule has 0 bridgehead atoms. The predicted molar refractivity (Wildman–Crippen MR) is 74.4 cm³/mol. The second kappa shape index (κ2) is 4.78. The minimum Gasteiger partial charge on any atom is -0.453 e. The van der Waals surface area contributed by atoms with E-state index in [0.29, 0.717) is 17.8 Å². The van der Waals surface area contributed by atoms with Crippen molar-refractivity contribution in [1.29, 1.82) is 0 Å². The first-order valence-corrected chi connectivity index (χ1v) is 6.63. The third-order valence-electron chi connectivity index (χ3n) is 2.78. The Morgan fingerprint density at radius 2 is 1.82 bits per heavy atom. The van der Waals surface area contributed by atoms with Crippen LogP contribution < -0.4 is 0 Å². The van der Waals surface area contributed by atoms with Gasteiger partial charge in [-0.15, -0.1) is 0 Å². The maximum atomic E-state index is 10.6. The molecule has 2 nitrogen and oxygen atoms in total. The largest absolute Gasteiger partial charge is 0.453 e. The Bertz CT molecular complexity index is 585. The van der Waals surface area contributed by atoms with Gasteiger partial charge in [0.05, 0.1) is 0 Å². The molecule has 0 aliphatic heterocycles. The molecule has 17 heavy (non-hydrogen) atoms. The Balaban J connectivity index is 2.66. The Morgan fingerprint density at radius 1 is 1.12 bits per heavy atom. The molecule has 88 valence electrons. The first-order valence-electron chi connectivity index (χ1n) is 5.05. The number of furan rings is 1.